The Balaban J connectivity index is 2.08. The number of nitrogens with zero attached hydrogens (tertiary/aromatic N) is 1. The molecular formula is C17H23NO4. The minimum absolute atomic E-state index is 0.0261. The summed E-state index contributed by atoms with van der Waals surface area (Å²) >= 11 is 0. The summed E-state index contributed by atoms with van der Waals surface area (Å²) in [6.45, 7) is 6.53. The summed E-state index contributed by atoms with van der Waals surface area (Å²) in [4.78, 5) is 22.4. The molecule has 1 saturated carbocycles. The number of hydrogen-bond donors (Lipinski definition) is 0. The number of non-ortho nitro benzene ring substituents is 1. The molecular weight excluding hydrogens is 282 g/mol. The van der Waals surface area contributed by atoms with Crippen LogP contribution in [0.1, 0.15) is 56.8 Å². The van der Waals surface area contributed by atoms with Gasteiger partial charge in [0.1, 0.15) is 6.10 Å². The Morgan fingerprint density at radius 1 is 1.18 bits per heavy atom. The van der Waals surface area contributed by atoms with Gasteiger partial charge in [-0.15, -0.1) is 0 Å². The molecule has 0 spiro atoms. The quantitative estimate of drug-likeness (QED) is 0.473. The SMILES string of the molecule is CC(C)(C)[C@H]1CCCC[C@@H]1OC(=O)c1ccc([N+](=O)[O-])cc1. The van der Waals surface area contributed by atoms with E-state index in [1.54, 1.807) is 0 Å². The van der Waals surface area contributed by atoms with E-state index in [4.69, 9.17) is 4.74 Å². The van der Waals surface area contributed by atoms with Gasteiger partial charge in [-0.3, -0.25) is 10.1 Å². The predicted octanol–water partition coefficient (Wildman–Crippen LogP) is 4.36. The van der Waals surface area contributed by atoms with Gasteiger partial charge in [0.15, 0.2) is 0 Å². The summed E-state index contributed by atoms with van der Waals surface area (Å²) < 4.78 is 5.71. The fraction of sp³-hybridized carbons (Fsp3) is 0.588. The van der Waals surface area contributed by atoms with Gasteiger partial charge in [-0.05, 0) is 36.8 Å². The Labute approximate surface area is 130 Å². The van der Waals surface area contributed by atoms with Crippen molar-refractivity contribution in [2.75, 3.05) is 0 Å². The van der Waals surface area contributed by atoms with Gasteiger partial charge in [-0.25, -0.2) is 4.79 Å². The topological polar surface area (TPSA) is 69.4 Å². The minimum Gasteiger partial charge on any atom is -0.458 e. The van der Waals surface area contributed by atoms with Crippen LogP contribution in [-0.4, -0.2) is 17.0 Å². The predicted molar refractivity (Wildman–Crippen MR) is 83.7 cm³/mol. The summed E-state index contributed by atoms with van der Waals surface area (Å²) in [6, 6.07) is 5.57. The lowest BCUT2D eigenvalue weighted by Gasteiger charge is -2.39. The number of ether oxygens (including phenoxy) is 1. The number of rotatable bonds is 3. The molecule has 0 aliphatic heterocycles. The number of nitro groups is 1. The van der Waals surface area contributed by atoms with Crippen LogP contribution in [0.5, 0.6) is 0 Å². The molecule has 5 nitrogen and oxygen atoms in total. The molecule has 2 atom stereocenters. The van der Waals surface area contributed by atoms with Crippen molar-refractivity contribution < 1.29 is 14.5 Å². The third-order valence-electron chi connectivity index (χ3n) is 4.39. The first-order valence-electron chi connectivity index (χ1n) is 7.74. The van der Waals surface area contributed by atoms with Crippen molar-refractivity contribution in [3.8, 4) is 0 Å². The van der Waals surface area contributed by atoms with E-state index in [1.807, 2.05) is 0 Å². The smallest absolute Gasteiger partial charge is 0.338 e. The summed E-state index contributed by atoms with van der Waals surface area (Å²) in [7, 11) is 0. The third-order valence-corrected chi connectivity index (χ3v) is 4.39. The molecule has 0 bridgehead atoms. The second-order valence-corrected chi connectivity index (χ2v) is 7.00. The molecule has 5 heteroatoms. The zero-order chi connectivity index (χ0) is 16.3. The van der Waals surface area contributed by atoms with Crippen LogP contribution in [0, 0.1) is 21.4 Å². The average Bonchev–Trinajstić information content (AvgIpc) is 2.46. The summed E-state index contributed by atoms with van der Waals surface area (Å²) in [5, 5.41) is 10.6. The van der Waals surface area contributed by atoms with Gasteiger partial charge in [-0.2, -0.15) is 0 Å². The number of esters is 1. The Morgan fingerprint density at radius 3 is 2.32 bits per heavy atom. The zero-order valence-electron chi connectivity index (χ0n) is 13.4. The summed E-state index contributed by atoms with van der Waals surface area (Å²) in [5.74, 6) is -0.0423. The highest BCUT2D eigenvalue weighted by Crippen LogP contribution is 2.39. The second kappa shape index (κ2) is 6.46. The van der Waals surface area contributed by atoms with Crippen molar-refractivity contribution in [3.63, 3.8) is 0 Å². The molecule has 0 N–H and O–H groups in total. The Kier molecular flexibility index (Phi) is 4.84. The maximum atomic E-state index is 12.3. The Morgan fingerprint density at radius 2 is 1.77 bits per heavy atom. The van der Waals surface area contributed by atoms with E-state index in [9.17, 15) is 14.9 Å². The van der Waals surface area contributed by atoms with Gasteiger partial charge in [0.25, 0.3) is 5.69 Å². The lowest BCUT2D eigenvalue weighted by molar-refractivity contribution is -0.384. The number of benzene rings is 1. The largest absolute Gasteiger partial charge is 0.458 e. The molecule has 1 aliphatic carbocycles. The maximum Gasteiger partial charge on any atom is 0.338 e. The highest BCUT2D eigenvalue weighted by Gasteiger charge is 2.36. The van der Waals surface area contributed by atoms with Crippen LogP contribution in [-0.2, 0) is 4.74 Å². The molecule has 2 rings (SSSR count). The van der Waals surface area contributed by atoms with Crippen LogP contribution in [0.2, 0.25) is 0 Å². The van der Waals surface area contributed by atoms with Gasteiger partial charge in [0.05, 0.1) is 10.5 Å². The lowest BCUT2D eigenvalue weighted by atomic mass is 9.70. The molecule has 0 aromatic heterocycles. The van der Waals surface area contributed by atoms with Gasteiger partial charge in [-0.1, -0.05) is 27.2 Å². The fourth-order valence-corrected chi connectivity index (χ4v) is 3.15. The van der Waals surface area contributed by atoms with Crippen molar-refractivity contribution in [3.05, 3.63) is 39.9 Å². The maximum absolute atomic E-state index is 12.3. The van der Waals surface area contributed by atoms with Gasteiger partial charge in [0.2, 0.25) is 0 Å². The van der Waals surface area contributed by atoms with E-state index in [0.717, 1.165) is 19.3 Å². The summed E-state index contributed by atoms with van der Waals surface area (Å²) in [5.41, 5.74) is 0.437. The number of nitro benzene ring substituents is 1. The first-order chi connectivity index (χ1) is 10.3. The van der Waals surface area contributed by atoms with Crippen molar-refractivity contribution >= 4 is 11.7 Å². The molecule has 120 valence electrons. The average molecular weight is 305 g/mol. The molecule has 0 amide bonds. The Bertz CT molecular complexity index is 545. The standard InChI is InChI=1S/C17H23NO4/c1-17(2,3)14-6-4-5-7-15(14)22-16(19)12-8-10-13(11-9-12)18(20)21/h8-11,14-15H,4-7H2,1-3H3/t14-,15-/m0/s1. The second-order valence-electron chi connectivity index (χ2n) is 7.00. The molecule has 1 aromatic rings. The minimum atomic E-state index is -0.480. The molecule has 1 aromatic carbocycles. The van der Waals surface area contributed by atoms with Gasteiger partial charge >= 0.3 is 5.97 Å². The normalized spacial score (nSPS) is 22.1. The molecule has 0 heterocycles. The van der Waals surface area contributed by atoms with Gasteiger partial charge in [0, 0.05) is 18.1 Å². The number of carbonyl (C=O) groups excluding carboxylic acids is 1. The van der Waals surface area contributed by atoms with E-state index in [1.165, 1.54) is 30.7 Å². The van der Waals surface area contributed by atoms with Crippen molar-refractivity contribution in [2.45, 2.75) is 52.6 Å². The number of hydrogen-bond acceptors (Lipinski definition) is 4. The van der Waals surface area contributed by atoms with Crippen LogP contribution < -0.4 is 0 Å². The van der Waals surface area contributed by atoms with Gasteiger partial charge < -0.3 is 4.74 Å². The number of carbonyl (C=O) groups is 1. The molecule has 0 unspecified atom stereocenters. The molecule has 22 heavy (non-hydrogen) atoms. The molecule has 1 fully saturated rings. The monoisotopic (exact) mass is 305 g/mol. The highest BCUT2D eigenvalue weighted by molar-refractivity contribution is 5.89. The fourth-order valence-electron chi connectivity index (χ4n) is 3.15. The van der Waals surface area contributed by atoms with Crippen LogP contribution in [0.15, 0.2) is 24.3 Å². The van der Waals surface area contributed by atoms with Crippen LogP contribution in [0.25, 0.3) is 0 Å². The van der Waals surface area contributed by atoms with Crippen LogP contribution in [0.3, 0.4) is 0 Å². The highest BCUT2D eigenvalue weighted by atomic mass is 16.6. The first-order valence-corrected chi connectivity index (χ1v) is 7.74. The van der Waals surface area contributed by atoms with Crippen molar-refractivity contribution in [2.24, 2.45) is 11.3 Å². The van der Waals surface area contributed by atoms with E-state index in [2.05, 4.69) is 20.8 Å². The van der Waals surface area contributed by atoms with Crippen molar-refractivity contribution in [1.82, 2.24) is 0 Å². The third kappa shape index (κ3) is 3.84. The van der Waals surface area contributed by atoms with E-state index in [0.29, 0.717) is 11.5 Å². The first kappa shape index (κ1) is 16.5. The Hall–Kier alpha value is -1.91. The van der Waals surface area contributed by atoms with Crippen LogP contribution >= 0.6 is 0 Å². The lowest BCUT2D eigenvalue weighted by Crippen LogP contribution is -2.38. The van der Waals surface area contributed by atoms with E-state index in [-0.39, 0.29) is 17.2 Å². The van der Waals surface area contributed by atoms with E-state index >= 15 is 0 Å². The van der Waals surface area contributed by atoms with Crippen LogP contribution in [0.4, 0.5) is 5.69 Å². The van der Waals surface area contributed by atoms with Crippen molar-refractivity contribution in [1.29, 1.82) is 0 Å². The summed E-state index contributed by atoms with van der Waals surface area (Å²) in [6.07, 6.45) is 4.14. The molecule has 0 saturated heterocycles. The molecule has 0 radical (unpaired) electrons. The van der Waals surface area contributed by atoms with E-state index < -0.39 is 10.9 Å². The zero-order valence-corrected chi connectivity index (χ0v) is 13.4. The molecule has 1 aliphatic rings.